The number of anilines is 1. The highest BCUT2D eigenvalue weighted by Gasteiger charge is 2.56. The maximum absolute atomic E-state index is 12.4. The highest BCUT2D eigenvalue weighted by Crippen LogP contribution is 2.42. The van der Waals surface area contributed by atoms with E-state index in [1.54, 1.807) is 31.2 Å². The summed E-state index contributed by atoms with van der Waals surface area (Å²) in [4.78, 5) is 37.5. The topological polar surface area (TPSA) is 102 Å². The maximum atomic E-state index is 12.4. The van der Waals surface area contributed by atoms with E-state index in [9.17, 15) is 14.4 Å². The SMILES string of the molecule is C[C@]1(C2CC2)NC(=O)N(CC(=O)Nc2ccccc2C#N)C1=O. The first-order valence-corrected chi connectivity index (χ1v) is 7.39. The van der Waals surface area contributed by atoms with Gasteiger partial charge < -0.3 is 10.6 Å². The fourth-order valence-electron chi connectivity index (χ4n) is 2.82. The van der Waals surface area contributed by atoms with Crippen molar-refractivity contribution in [3.8, 4) is 6.07 Å². The van der Waals surface area contributed by atoms with Gasteiger partial charge in [-0.05, 0) is 37.8 Å². The third kappa shape index (κ3) is 2.63. The summed E-state index contributed by atoms with van der Waals surface area (Å²) < 4.78 is 0. The van der Waals surface area contributed by atoms with Crippen molar-refractivity contribution in [1.82, 2.24) is 10.2 Å². The molecule has 2 fully saturated rings. The van der Waals surface area contributed by atoms with Crippen LogP contribution in [0.15, 0.2) is 24.3 Å². The normalized spacial score (nSPS) is 23.4. The number of urea groups is 1. The Morgan fingerprint density at radius 1 is 1.43 bits per heavy atom. The second-order valence-electron chi connectivity index (χ2n) is 6.00. The van der Waals surface area contributed by atoms with Crippen molar-refractivity contribution in [2.75, 3.05) is 11.9 Å². The van der Waals surface area contributed by atoms with Gasteiger partial charge in [0.1, 0.15) is 18.2 Å². The lowest BCUT2D eigenvalue weighted by atomic mass is 9.96. The third-order valence-electron chi connectivity index (χ3n) is 4.32. The average molecular weight is 312 g/mol. The zero-order valence-corrected chi connectivity index (χ0v) is 12.6. The summed E-state index contributed by atoms with van der Waals surface area (Å²) in [5, 5.41) is 14.3. The van der Waals surface area contributed by atoms with E-state index in [1.807, 2.05) is 6.07 Å². The highest BCUT2D eigenvalue weighted by molar-refractivity contribution is 6.10. The van der Waals surface area contributed by atoms with E-state index >= 15 is 0 Å². The number of amides is 4. The average Bonchev–Trinajstić information content (AvgIpc) is 3.34. The first-order valence-electron chi connectivity index (χ1n) is 7.39. The first-order chi connectivity index (χ1) is 11.0. The van der Waals surface area contributed by atoms with Gasteiger partial charge in [-0.3, -0.25) is 14.5 Å². The van der Waals surface area contributed by atoms with Gasteiger partial charge in [-0.1, -0.05) is 12.1 Å². The summed E-state index contributed by atoms with van der Waals surface area (Å²) in [6.07, 6.45) is 1.80. The van der Waals surface area contributed by atoms with Crippen molar-refractivity contribution >= 4 is 23.5 Å². The van der Waals surface area contributed by atoms with Gasteiger partial charge in [-0.25, -0.2) is 4.79 Å². The molecule has 118 valence electrons. The fourth-order valence-corrected chi connectivity index (χ4v) is 2.82. The van der Waals surface area contributed by atoms with Crippen LogP contribution in [0, 0.1) is 17.2 Å². The molecule has 1 saturated carbocycles. The minimum Gasteiger partial charge on any atom is -0.323 e. The molecule has 23 heavy (non-hydrogen) atoms. The second kappa shape index (κ2) is 5.39. The number of rotatable bonds is 4. The number of nitriles is 1. The van der Waals surface area contributed by atoms with E-state index in [2.05, 4.69) is 10.6 Å². The van der Waals surface area contributed by atoms with E-state index < -0.39 is 17.5 Å². The third-order valence-corrected chi connectivity index (χ3v) is 4.32. The van der Waals surface area contributed by atoms with Crippen LogP contribution < -0.4 is 10.6 Å². The Morgan fingerprint density at radius 2 is 2.13 bits per heavy atom. The van der Waals surface area contributed by atoms with Crippen LogP contribution in [0.1, 0.15) is 25.3 Å². The minimum atomic E-state index is -0.901. The summed E-state index contributed by atoms with van der Waals surface area (Å²) in [7, 11) is 0. The monoisotopic (exact) mass is 312 g/mol. The predicted octanol–water partition coefficient (Wildman–Crippen LogP) is 1.22. The summed E-state index contributed by atoms with van der Waals surface area (Å²) in [6.45, 7) is 1.33. The van der Waals surface area contributed by atoms with Crippen molar-refractivity contribution in [3.63, 3.8) is 0 Å². The molecule has 7 nitrogen and oxygen atoms in total. The highest BCUT2D eigenvalue weighted by atomic mass is 16.2. The van der Waals surface area contributed by atoms with Crippen molar-refractivity contribution in [2.24, 2.45) is 5.92 Å². The number of nitrogens with one attached hydrogen (secondary N) is 2. The molecule has 1 saturated heterocycles. The van der Waals surface area contributed by atoms with Crippen LogP contribution in [-0.2, 0) is 9.59 Å². The van der Waals surface area contributed by atoms with Crippen molar-refractivity contribution < 1.29 is 14.4 Å². The van der Waals surface area contributed by atoms with E-state index in [4.69, 9.17) is 5.26 Å². The molecule has 1 aromatic rings. The van der Waals surface area contributed by atoms with Gasteiger partial charge in [0.05, 0.1) is 11.3 Å². The lowest BCUT2D eigenvalue weighted by molar-refractivity contribution is -0.134. The Morgan fingerprint density at radius 3 is 2.78 bits per heavy atom. The molecule has 4 amide bonds. The molecule has 1 aliphatic heterocycles. The van der Waals surface area contributed by atoms with E-state index in [0.717, 1.165) is 17.7 Å². The van der Waals surface area contributed by atoms with Gasteiger partial charge in [-0.15, -0.1) is 0 Å². The standard InChI is InChI=1S/C16H16N4O3/c1-16(11-6-7-11)14(22)20(15(23)19-16)9-13(21)18-12-5-3-2-4-10(12)8-17/h2-5,11H,6-7,9H2,1H3,(H,18,21)(H,19,23)/t16-/m1/s1. The molecular formula is C16H16N4O3. The van der Waals surface area contributed by atoms with Crippen molar-refractivity contribution in [1.29, 1.82) is 5.26 Å². The van der Waals surface area contributed by atoms with Gasteiger partial charge in [0.25, 0.3) is 5.91 Å². The number of hydrogen-bond donors (Lipinski definition) is 2. The van der Waals surface area contributed by atoms with E-state index in [-0.39, 0.29) is 18.4 Å². The number of nitrogens with zero attached hydrogens (tertiary/aromatic N) is 2. The Hall–Kier alpha value is -2.88. The number of hydrogen-bond acceptors (Lipinski definition) is 4. The Labute approximate surface area is 133 Å². The summed E-state index contributed by atoms with van der Waals surface area (Å²) in [5.41, 5.74) is -0.222. The molecule has 2 N–H and O–H groups in total. The molecule has 1 atom stereocenters. The molecule has 0 spiro atoms. The van der Waals surface area contributed by atoms with Crippen LogP contribution in [0.4, 0.5) is 10.5 Å². The van der Waals surface area contributed by atoms with Gasteiger partial charge in [0.15, 0.2) is 0 Å². The van der Waals surface area contributed by atoms with Crippen LogP contribution in [-0.4, -0.2) is 34.8 Å². The van der Waals surface area contributed by atoms with E-state index in [0.29, 0.717) is 11.3 Å². The zero-order chi connectivity index (χ0) is 16.6. The van der Waals surface area contributed by atoms with Crippen LogP contribution in [0.5, 0.6) is 0 Å². The van der Waals surface area contributed by atoms with Crippen molar-refractivity contribution in [3.05, 3.63) is 29.8 Å². The lowest BCUT2D eigenvalue weighted by Crippen LogP contribution is -2.46. The number of para-hydroxylation sites is 1. The molecule has 0 aromatic heterocycles. The lowest BCUT2D eigenvalue weighted by Gasteiger charge is -2.20. The molecule has 2 aliphatic rings. The molecule has 1 heterocycles. The van der Waals surface area contributed by atoms with Crippen LogP contribution in [0.3, 0.4) is 0 Å². The molecule has 1 aromatic carbocycles. The maximum Gasteiger partial charge on any atom is 0.325 e. The fraction of sp³-hybridized carbons (Fsp3) is 0.375. The van der Waals surface area contributed by atoms with Gasteiger partial charge >= 0.3 is 6.03 Å². The first kappa shape index (κ1) is 15.0. The summed E-state index contributed by atoms with van der Waals surface area (Å²) in [6, 6.07) is 7.97. The quantitative estimate of drug-likeness (QED) is 0.816. The molecule has 3 rings (SSSR count). The zero-order valence-electron chi connectivity index (χ0n) is 12.6. The molecular weight excluding hydrogens is 296 g/mol. The Balaban J connectivity index is 1.70. The van der Waals surface area contributed by atoms with Crippen LogP contribution in [0.2, 0.25) is 0 Å². The second-order valence-corrected chi connectivity index (χ2v) is 6.00. The molecule has 0 bridgehead atoms. The van der Waals surface area contributed by atoms with Gasteiger partial charge in [0.2, 0.25) is 5.91 Å². The number of imide groups is 1. The smallest absolute Gasteiger partial charge is 0.323 e. The molecule has 7 heteroatoms. The van der Waals surface area contributed by atoms with Crippen LogP contribution >= 0.6 is 0 Å². The minimum absolute atomic E-state index is 0.145. The summed E-state index contributed by atoms with van der Waals surface area (Å²) in [5.74, 6) is -0.740. The Bertz CT molecular complexity index is 735. The summed E-state index contributed by atoms with van der Waals surface area (Å²) >= 11 is 0. The predicted molar refractivity (Wildman–Crippen MR) is 81.2 cm³/mol. The molecule has 0 radical (unpaired) electrons. The van der Waals surface area contributed by atoms with Gasteiger partial charge in [0, 0.05) is 0 Å². The van der Waals surface area contributed by atoms with Gasteiger partial charge in [-0.2, -0.15) is 5.26 Å². The van der Waals surface area contributed by atoms with Crippen LogP contribution in [0.25, 0.3) is 0 Å². The Kier molecular flexibility index (Phi) is 3.52. The molecule has 0 unspecified atom stereocenters. The number of benzene rings is 1. The largest absolute Gasteiger partial charge is 0.325 e. The number of carbonyl (C=O) groups is 3. The van der Waals surface area contributed by atoms with Crippen molar-refractivity contribution in [2.45, 2.75) is 25.3 Å². The van der Waals surface area contributed by atoms with E-state index in [1.165, 1.54) is 0 Å². The number of carbonyl (C=O) groups excluding carboxylic acids is 3. The molecule has 1 aliphatic carbocycles.